The lowest BCUT2D eigenvalue weighted by Gasteiger charge is -2.15. The van der Waals surface area contributed by atoms with Crippen LogP contribution in [0.2, 0.25) is 5.02 Å². The van der Waals surface area contributed by atoms with E-state index in [-0.39, 0.29) is 6.04 Å². The second-order valence-electron chi connectivity index (χ2n) is 4.41. The Morgan fingerprint density at radius 1 is 1.42 bits per heavy atom. The number of anilines is 1. The lowest BCUT2D eigenvalue weighted by atomic mass is 10.1. The Kier molecular flexibility index (Phi) is 3.77. The van der Waals surface area contributed by atoms with Crippen molar-refractivity contribution < 1.29 is 4.52 Å². The molecule has 0 aliphatic rings. The molecule has 0 amide bonds. The second-order valence-corrected chi connectivity index (χ2v) is 4.82. The van der Waals surface area contributed by atoms with Gasteiger partial charge in [0.15, 0.2) is 0 Å². The summed E-state index contributed by atoms with van der Waals surface area (Å²) in [6.07, 6.45) is 0. The van der Waals surface area contributed by atoms with E-state index in [1.54, 1.807) is 12.1 Å². The van der Waals surface area contributed by atoms with Crippen LogP contribution in [0.3, 0.4) is 0 Å². The fraction of sp³-hybridized carbons (Fsp3) is 0.286. The third-order valence-electron chi connectivity index (χ3n) is 2.99. The number of nitrogens with one attached hydrogen (secondary N) is 1. The molecule has 1 atom stereocenters. The topological polar surface area (TPSA) is 61.9 Å². The molecule has 0 radical (unpaired) electrons. The van der Waals surface area contributed by atoms with Gasteiger partial charge in [-0.25, -0.2) is 0 Å². The Morgan fingerprint density at radius 2 is 2.16 bits per heavy atom. The van der Waals surface area contributed by atoms with Gasteiger partial charge in [0.25, 0.3) is 0 Å². The first-order valence-electron chi connectivity index (χ1n) is 5.92. The van der Waals surface area contributed by atoms with Crippen LogP contribution in [-0.4, -0.2) is 5.16 Å². The number of aryl methyl sites for hydroxylation is 2. The molecule has 1 aromatic heterocycles. The van der Waals surface area contributed by atoms with Gasteiger partial charge in [0.05, 0.1) is 22.3 Å². The average Bonchev–Trinajstić information content (AvgIpc) is 2.69. The number of aromatic nitrogens is 1. The molecule has 1 N–H and O–H groups in total. The molecule has 0 aliphatic heterocycles. The van der Waals surface area contributed by atoms with Gasteiger partial charge in [-0.1, -0.05) is 16.8 Å². The van der Waals surface area contributed by atoms with E-state index < -0.39 is 0 Å². The quantitative estimate of drug-likeness (QED) is 0.920. The van der Waals surface area contributed by atoms with Gasteiger partial charge in [-0.15, -0.1) is 0 Å². The number of nitrogens with zero attached hydrogens (tertiary/aromatic N) is 2. The summed E-state index contributed by atoms with van der Waals surface area (Å²) in [5, 5.41) is 16.5. The van der Waals surface area contributed by atoms with Gasteiger partial charge < -0.3 is 9.84 Å². The van der Waals surface area contributed by atoms with Crippen LogP contribution in [0, 0.1) is 25.2 Å². The molecule has 0 aliphatic carbocycles. The minimum atomic E-state index is 0.0512. The van der Waals surface area contributed by atoms with Crippen molar-refractivity contribution in [3.8, 4) is 6.07 Å². The minimum absolute atomic E-state index is 0.0512. The molecule has 1 unspecified atom stereocenters. The van der Waals surface area contributed by atoms with E-state index in [0.29, 0.717) is 10.6 Å². The molecule has 0 bridgehead atoms. The standard InChI is InChI=1S/C14H14ClN3O/c1-8(14-9(2)18-19-10(14)3)17-12-5-4-11(7-16)13(15)6-12/h4-6,8,17H,1-3H3. The summed E-state index contributed by atoms with van der Waals surface area (Å²) in [7, 11) is 0. The molecule has 0 saturated heterocycles. The normalized spacial score (nSPS) is 11.9. The van der Waals surface area contributed by atoms with E-state index in [1.807, 2.05) is 32.9 Å². The van der Waals surface area contributed by atoms with Crippen LogP contribution in [0.5, 0.6) is 0 Å². The van der Waals surface area contributed by atoms with Crippen molar-refractivity contribution in [3.63, 3.8) is 0 Å². The number of rotatable bonds is 3. The fourth-order valence-electron chi connectivity index (χ4n) is 2.13. The maximum Gasteiger partial charge on any atom is 0.139 e. The number of halogens is 1. The zero-order valence-corrected chi connectivity index (χ0v) is 11.7. The largest absolute Gasteiger partial charge is 0.378 e. The zero-order chi connectivity index (χ0) is 14.0. The van der Waals surface area contributed by atoms with Crippen molar-refractivity contribution in [1.82, 2.24) is 5.16 Å². The van der Waals surface area contributed by atoms with Gasteiger partial charge in [0.2, 0.25) is 0 Å². The van der Waals surface area contributed by atoms with Crippen molar-refractivity contribution in [3.05, 3.63) is 45.8 Å². The zero-order valence-electron chi connectivity index (χ0n) is 11.0. The van der Waals surface area contributed by atoms with Crippen LogP contribution in [0.1, 0.15) is 35.5 Å². The smallest absolute Gasteiger partial charge is 0.139 e. The Labute approximate surface area is 117 Å². The summed E-state index contributed by atoms with van der Waals surface area (Å²) in [5.41, 5.74) is 3.24. The molecular formula is C14H14ClN3O. The molecule has 98 valence electrons. The molecule has 0 fully saturated rings. The summed E-state index contributed by atoms with van der Waals surface area (Å²) in [4.78, 5) is 0. The van der Waals surface area contributed by atoms with Gasteiger partial charge in [-0.3, -0.25) is 0 Å². The van der Waals surface area contributed by atoms with Gasteiger partial charge in [-0.2, -0.15) is 5.26 Å². The van der Waals surface area contributed by atoms with E-state index in [4.69, 9.17) is 21.4 Å². The third-order valence-corrected chi connectivity index (χ3v) is 3.31. The maximum absolute atomic E-state index is 8.84. The predicted molar refractivity (Wildman–Crippen MR) is 74.2 cm³/mol. The highest BCUT2D eigenvalue weighted by atomic mass is 35.5. The third kappa shape index (κ3) is 2.72. The molecular weight excluding hydrogens is 262 g/mol. The minimum Gasteiger partial charge on any atom is -0.378 e. The van der Waals surface area contributed by atoms with Crippen LogP contribution in [-0.2, 0) is 0 Å². The molecule has 1 aromatic carbocycles. The summed E-state index contributed by atoms with van der Waals surface area (Å²) >= 11 is 6.01. The van der Waals surface area contributed by atoms with Crippen LogP contribution in [0.4, 0.5) is 5.69 Å². The summed E-state index contributed by atoms with van der Waals surface area (Å²) < 4.78 is 5.16. The van der Waals surface area contributed by atoms with E-state index >= 15 is 0 Å². The van der Waals surface area contributed by atoms with Crippen molar-refractivity contribution in [2.45, 2.75) is 26.8 Å². The van der Waals surface area contributed by atoms with E-state index in [0.717, 1.165) is 22.7 Å². The van der Waals surface area contributed by atoms with Gasteiger partial charge in [0, 0.05) is 11.3 Å². The first-order chi connectivity index (χ1) is 9.02. The second kappa shape index (κ2) is 5.33. The lowest BCUT2D eigenvalue weighted by Crippen LogP contribution is -2.08. The molecule has 2 rings (SSSR count). The van der Waals surface area contributed by atoms with Crippen molar-refractivity contribution >= 4 is 17.3 Å². The monoisotopic (exact) mass is 275 g/mol. The van der Waals surface area contributed by atoms with Crippen molar-refractivity contribution in [1.29, 1.82) is 5.26 Å². The highest BCUT2D eigenvalue weighted by Gasteiger charge is 2.16. The van der Waals surface area contributed by atoms with Crippen molar-refractivity contribution in [2.24, 2.45) is 0 Å². The van der Waals surface area contributed by atoms with Crippen LogP contribution in [0.15, 0.2) is 22.7 Å². The Balaban J connectivity index is 2.22. The SMILES string of the molecule is Cc1noc(C)c1C(C)Nc1ccc(C#N)c(Cl)c1. The molecule has 0 spiro atoms. The highest BCUT2D eigenvalue weighted by molar-refractivity contribution is 6.32. The maximum atomic E-state index is 8.84. The fourth-order valence-corrected chi connectivity index (χ4v) is 2.35. The van der Waals surface area contributed by atoms with Crippen LogP contribution >= 0.6 is 11.6 Å². The van der Waals surface area contributed by atoms with E-state index in [1.165, 1.54) is 0 Å². The average molecular weight is 276 g/mol. The van der Waals surface area contributed by atoms with Crippen LogP contribution in [0.25, 0.3) is 0 Å². The van der Waals surface area contributed by atoms with Crippen LogP contribution < -0.4 is 5.32 Å². The Hall–Kier alpha value is -1.99. The molecule has 4 nitrogen and oxygen atoms in total. The molecule has 0 saturated carbocycles. The van der Waals surface area contributed by atoms with Gasteiger partial charge in [0.1, 0.15) is 11.8 Å². The van der Waals surface area contributed by atoms with E-state index in [9.17, 15) is 0 Å². The summed E-state index contributed by atoms with van der Waals surface area (Å²) in [6.45, 7) is 5.83. The highest BCUT2D eigenvalue weighted by Crippen LogP contribution is 2.27. The number of benzene rings is 1. The summed E-state index contributed by atoms with van der Waals surface area (Å²) in [6, 6.07) is 7.36. The Morgan fingerprint density at radius 3 is 2.68 bits per heavy atom. The molecule has 2 aromatic rings. The Bertz CT molecular complexity index is 623. The molecule has 19 heavy (non-hydrogen) atoms. The van der Waals surface area contributed by atoms with E-state index in [2.05, 4.69) is 10.5 Å². The molecule has 5 heteroatoms. The first kappa shape index (κ1) is 13.4. The number of hydrogen-bond donors (Lipinski definition) is 1. The number of nitriles is 1. The lowest BCUT2D eigenvalue weighted by molar-refractivity contribution is 0.392. The first-order valence-corrected chi connectivity index (χ1v) is 6.29. The van der Waals surface area contributed by atoms with Gasteiger partial charge in [-0.05, 0) is 39.0 Å². The van der Waals surface area contributed by atoms with Crippen molar-refractivity contribution in [2.75, 3.05) is 5.32 Å². The predicted octanol–water partition coefficient (Wildman–Crippen LogP) is 3.99. The summed E-state index contributed by atoms with van der Waals surface area (Å²) in [5.74, 6) is 0.803. The molecule has 1 heterocycles. The van der Waals surface area contributed by atoms with Gasteiger partial charge >= 0.3 is 0 Å². The number of hydrogen-bond acceptors (Lipinski definition) is 4.